The summed E-state index contributed by atoms with van der Waals surface area (Å²) < 4.78 is 7.44. The highest BCUT2D eigenvalue weighted by atomic mass is 16.5. The molecule has 0 saturated carbocycles. The van der Waals surface area contributed by atoms with Gasteiger partial charge in [-0.3, -0.25) is 14.2 Å². The van der Waals surface area contributed by atoms with Crippen molar-refractivity contribution in [3.8, 4) is 22.8 Å². The Balaban J connectivity index is 1.42. The molecule has 190 valence electrons. The van der Waals surface area contributed by atoms with Crippen LogP contribution >= 0.6 is 0 Å². The van der Waals surface area contributed by atoms with Gasteiger partial charge in [0.25, 0.3) is 5.91 Å². The predicted molar refractivity (Wildman–Crippen MR) is 144 cm³/mol. The zero-order valence-electron chi connectivity index (χ0n) is 20.6. The van der Waals surface area contributed by atoms with Crippen molar-refractivity contribution in [3.63, 3.8) is 0 Å². The minimum Gasteiger partial charge on any atom is -0.497 e. The van der Waals surface area contributed by atoms with Gasteiger partial charge in [-0.1, -0.05) is 24.3 Å². The number of rotatable bonds is 8. The van der Waals surface area contributed by atoms with Crippen LogP contribution < -0.4 is 15.8 Å². The van der Waals surface area contributed by atoms with Crippen LogP contribution in [0.15, 0.2) is 85.1 Å². The van der Waals surface area contributed by atoms with Gasteiger partial charge in [0.05, 0.1) is 30.1 Å². The number of amides is 1. The lowest BCUT2D eigenvalue weighted by molar-refractivity contribution is -0.136. The van der Waals surface area contributed by atoms with E-state index in [9.17, 15) is 9.59 Å². The van der Waals surface area contributed by atoms with E-state index in [1.807, 2.05) is 59.2 Å². The van der Waals surface area contributed by atoms with Gasteiger partial charge in [0.1, 0.15) is 17.4 Å². The summed E-state index contributed by atoms with van der Waals surface area (Å²) in [6.45, 7) is 0.309. The Labute approximate surface area is 218 Å². The van der Waals surface area contributed by atoms with Gasteiger partial charge >= 0.3 is 5.97 Å². The van der Waals surface area contributed by atoms with Crippen molar-refractivity contribution in [1.82, 2.24) is 19.9 Å². The average Bonchev–Trinajstić information content (AvgIpc) is 3.30. The topological polar surface area (TPSA) is 132 Å². The van der Waals surface area contributed by atoms with Crippen molar-refractivity contribution in [1.29, 1.82) is 0 Å². The van der Waals surface area contributed by atoms with Crippen LogP contribution in [0.25, 0.3) is 28.1 Å². The molecule has 0 unspecified atom stereocenters. The number of methoxy groups -OCH3 is 1. The molecule has 0 radical (unpaired) electrons. The number of aromatic nitrogens is 3. The maximum Gasteiger partial charge on any atom is 0.307 e. The lowest BCUT2D eigenvalue weighted by atomic mass is 10.1. The van der Waals surface area contributed by atoms with Gasteiger partial charge in [0.2, 0.25) is 0 Å². The Kier molecular flexibility index (Phi) is 6.73. The Hall–Kier alpha value is -5.18. The largest absolute Gasteiger partial charge is 0.497 e. The van der Waals surface area contributed by atoms with Crippen molar-refractivity contribution in [3.05, 3.63) is 102 Å². The normalized spacial score (nSPS) is 10.9. The summed E-state index contributed by atoms with van der Waals surface area (Å²) in [7, 11) is 1.62. The first-order valence-electron chi connectivity index (χ1n) is 11.9. The van der Waals surface area contributed by atoms with Crippen LogP contribution in [-0.4, -0.2) is 38.6 Å². The van der Waals surface area contributed by atoms with Crippen LogP contribution in [0.1, 0.15) is 21.5 Å². The molecule has 3 aromatic carbocycles. The third-order valence-electron chi connectivity index (χ3n) is 6.13. The van der Waals surface area contributed by atoms with Gasteiger partial charge in [-0.05, 0) is 59.7 Å². The molecule has 0 atom stereocenters. The highest BCUT2D eigenvalue weighted by molar-refractivity contribution is 5.94. The summed E-state index contributed by atoms with van der Waals surface area (Å²) in [6, 6.07) is 23.8. The van der Waals surface area contributed by atoms with Gasteiger partial charge in [-0.25, -0.2) is 9.97 Å². The van der Waals surface area contributed by atoms with Gasteiger partial charge in [-0.2, -0.15) is 0 Å². The molecule has 0 saturated heterocycles. The number of ether oxygens (including phenoxy) is 1. The van der Waals surface area contributed by atoms with E-state index in [2.05, 4.69) is 10.3 Å². The molecule has 0 aliphatic heterocycles. The summed E-state index contributed by atoms with van der Waals surface area (Å²) in [6.07, 6.45) is 1.50. The number of imidazole rings is 1. The molecule has 5 aromatic rings. The standard InChI is InChI=1S/C29H25N5O4/c1-38-22-11-12-24-25(16-22)34(28(33-24)23-6-3-13-31-27(23)30)21-9-7-18(8-10-21)17-32-29(37)20-5-2-4-19(14-20)15-26(35)36/h2-14,16H,15,17H2,1H3,(H2,30,31)(H,32,37)(H,35,36). The second-order valence-corrected chi connectivity index (χ2v) is 8.68. The molecule has 0 spiro atoms. The van der Waals surface area contributed by atoms with Crippen LogP contribution in [0.4, 0.5) is 5.82 Å². The molecule has 1 amide bonds. The summed E-state index contributed by atoms with van der Waals surface area (Å²) >= 11 is 0. The van der Waals surface area contributed by atoms with Crippen molar-refractivity contribution < 1.29 is 19.4 Å². The number of nitrogens with one attached hydrogen (secondary N) is 1. The maximum absolute atomic E-state index is 12.6. The van der Waals surface area contributed by atoms with E-state index in [-0.39, 0.29) is 12.3 Å². The van der Waals surface area contributed by atoms with Gasteiger partial charge < -0.3 is 20.9 Å². The van der Waals surface area contributed by atoms with Crippen molar-refractivity contribution in [2.24, 2.45) is 0 Å². The summed E-state index contributed by atoms with van der Waals surface area (Å²) in [4.78, 5) is 32.7. The van der Waals surface area contributed by atoms with Gasteiger partial charge in [0, 0.05) is 30.1 Å². The molecule has 0 bridgehead atoms. The van der Waals surface area contributed by atoms with Crippen LogP contribution in [0.2, 0.25) is 0 Å². The Morgan fingerprint density at radius 2 is 1.82 bits per heavy atom. The SMILES string of the molecule is COc1ccc2nc(-c3cccnc3N)n(-c3ccc(CNC(=O)c4cccc(CC(=O)O)c4)cc3)c2c1. The van der Waals surface area contributed by atoms with E-state index in [1.165, 1.54) is 0 Å². The van der Waals surface area contributed by atoms with Crippen molar-refractivity contribution >= 4 is 28.7 Å². The molecule has 9 heteroatoms. The fourth-order valence-electron chi connectivity index (χ4n) is 4.28. The average molecular weight is 508 g/mol. The molecule has 0 aliphatic carbocycles. The van der Waals surface area contributed by atoms with E-state index in [0.29, 0.717) is 40.6 Å². The number of carbonyl (C=O) groups is 2. The van der Waals surface area contributed by atoms with Gasteiger partial charge in [0.15, 0.2) is 0 Å². The minimum atomic E-state index is -0.943. The summed E-state index contributed by atoms with van der Waals surface area (Å²) in [5, 5.41) is 11.9. The van der Waals surface area contributed by atoms with E-state index in [1.54, 1.807) is 37.6 Å². The van der Waals surface area contributed by atoms with Crippen molar-refractivity contribution in [2.45, 2.75) is 13.0 Å². The van der Waals surface area contributed by atoms with Crippen LogP contribution in [0, 0.1) is 0 Å². The number of nitrogens with zero attached hydrogens (tertiary/aromatic N) is 3. The molecule has 9 nitrogen and oxygen atoms in total. The zero-order valence-corrected chi connectivity index (χ0v) is 20.6. The first-order valence-corrected chi connectivity index (χ1v) is 11.9. The molecule has 38 heavy (non-hydrogen) atoms. The summed E-state index contributed by atoms with van der Waals surface area (Å²) in [5.41, 5.74) is 11.3. The summed E-state index contributed by atoms with van der Waals surface area (Å²) in [5.74, 6) is 0.518. The molecule has 2 aromatic heterocycles. The fraction of sp³-hybridized carbons (Fsp3) is 0.103. The number of anilines is 1. The number of carboxylic acids is 1. The first-order chi connectivity index (χ1) is 18.4. The maximum atomic E-state index is 12.6. The number of nitrogen functional groups attached to an aromatic ring is 1. The number of hydrogen-bond donors (Lipinski definition) is 3. The lowest BCUT2D eigenvalue weighted by Gasteiger charge is -2.12. The lowest BCUT2D eigenvalue weighted by Crippen LogP contribution is -2.23. The molecule has 0 fully saturated rings. The van der Waals surface area contributed by atoms with E-state index in [0.717, 1.165) is 22.3 Å². The quantitative estimate of drug-likeness (QED) is 0.286. The number of carboxylic acid groups (broad SMARTS) is 1. The van der Waals surface area contributed by atoms with E-state index < -0.39 is 5.97 Å². The van der Waals surface area contributed by atoms with E-state index in [4.69, 9.17) is 20.6 Å². The third kappa shape index (κ3) is 5.03. The number of fused-ring (bicyclic) bond motifs is 1. The number of nitrogens with two attached hydrogens (primary N) is 1. The predicted octanol–water partition coefficient (Wildman–Crippen LogP) is 4.24. The molecule has 0 aliphatic rings. The van der Waals surface area contributed by atoms with E-state index >= 15 is 0 Å². The Morgan fingerprint density at radius 3 is 2.55 bits per heavy atom. The third-order valence-corrected chi connectivity index (χ3v) is 6.13. The second-order valence-electron chi connectivity index (χ2n) is 8.68. The number of aliphatic carboxylic acids is 1. The monoisotopic (exact) mass is 507 g/mol. The van der Waals surface area contributed by atoms with Crippen LogP contribution in [0.5, 0.6) is 5.75 Å². The molecule has 2 heterocycles. The molecular weight excluding hydrogens is 482 g/mol. The molecular formula is C29H25N5O4. The number of pyridine rings is 1. The highest BCUT2D eigenvalue weighted by Crippen LogP contribution is 2.32. The van der Waals surface area contributed by atoms with Crippen LogP contribution in [0.3, 0.4) is 0 Å². The van der Waals surface area contributed by atoms with Gasteiger partial charge in [-0.15, -0.1) is 0 Å². The minimum absolute atomic E-state index is 0.135. The smallest absolute Gasteiger partial charge is 0.307 e. The Bertz CT molecular complexity index is 1640. The fourth-order valence-corrected chi connectivity index (χ4v) is 4.28. The first kappa shape index (κ1) is 24.5. The highest BCUT2D eigenvalue weighted by Gasteiger charge is 2.17. The number of carbonyl (C=O) groups excluding carboxylic acids is 1. The number of hydrogen-bond acceptors (Lipinski definition) is 6. The molecule has 5 rings (SSSR count). The Morgan fingerprint density at radius 1 is 1.00 bits per heavy atom. The second kappa shape index (κ2) is 10.4. The molecule has 4 N–H and O–H groups in total. The van der Waals surface area contributed by atoms with Crippen molar-refractivity contribution in [2.75, 3.05) is 12.8 Å². The van der Waals surface area contributed by atoms with Crippen LogP contribution in [-0.2, 0) is 17.8 Å². The number of benzene rings is 3. The zero-order chi connectivity index (χ0) is 26.6.